The van der Waals surface area contributed by atoms with E-state index >= 15 is 0 Å². The minimum Gasteiger partial charge on any atom is -0.481 e. The maximum absolute atomic E-state index is 12.6. The summed E-state index contributed by atoms with van der Waals surface area (Å²) in [5.41, 5.74) is 10.5. The van der Waals surface area contributed by atoms with Gasteiger partial charge < -0.3 is 42.7 Å². The van der Waals surface area contributed by atoms with Crippen LogP contribution in [0.5, 0.6) is 0 Å². The minimum absolute atomic E-state index is 0.0639. The molecule has 0 aliphatic carbocycles. The van der Waals surface area contributed by atoms with E-state index in [9.17, 15) is 39.0 Å². The molecule has 15 heteroatoms. The van der Waals surface area contributed by atoms with Gasteiger partial charge in [-0.15, -0.1) is 0 Å². The Labute approximate surface area is 187 Å². The van der Waals surface area contributed by atoms with Crippen LogP contribution in [0, 0.1) is 0 Å². The van der Waals surface area contributed by atoms with E-state index in [0.29, 0.717) is 5.75 Å². The number of nitrogens with one attached hydrogen (secondary N) is 3. The van der Waals surface area contributed by atoms with Crippen LogP contribution in [0.15, 0.2) is 0 Å². The molecule has 10 N–H and O–H groups in total. The van der Waals surface area contributed by atoms with Gasteiger partial charge in [-0.2, -0.15) is 11.8 Å². The lowest BCUT2D eigenvalue weighted by molar-refractivity contribution is -0.143. The van der Waals surface area contributed by atoms with E-state index in [1.54, 1.807) is 6.26 Å². The summed E-state index contributed by atoms with van der Waals surface area (Å²) in [4.78, 5) is 70.8. The van der Waals surface area contributed by atoms with Crippen molar-refractivity contribution in [3.8, 4) is 0 Å². The van der Waals surface area contributed by atoms with Crippen molar-refractivity contribution in [2.45, 2.75) is 56.5 Å². The molecule has 0 saturated heterocycles. The summed E-state index contributed by atoms with van der Waals surface area (Å²) >= 11 is 1.34. The van der Waals surface area contributed by atoms with Crippen LogP contribution in [0.3, 0.4) is 0 Å². The Morgan fingerprint density at radius 1 is 0.875 bits per heavy atom. The maximum atomic E-state index is 12.6. The maximum Gasteiger partial charge on any atom is 0.326 e. The van der Waals surface area contributed by atoms with Crippen molar-refractivity contribution in [1.29, 1.82) is 0 Å². The molecule has 0 heterocycles. The van der Waals surface area contributed by atoms with Gasteiger partial charge in [0.15, 0.2) is 0 Å². The van der Waals surface area contributed by atoms with Gasteiger partial charge in [-0.25, -0.2) is 4.79 Å². The van der Waals surface area contributed by atoms with E-state index in [-0.39, 0.29) is 6.42 Å². The lowest BCUT2D eigenvalue weighted by atomic mass is 10.1. The number of rotatable bonds is 15. The summed E-state index contributed by atoms with van der Waals surface area (Å²) in [6, 6.07) is -6.10. The first-order chi connectivity index (χ1) is 14.8. The molecule has 0 bridgehead atoms. The third kappa shape index (κ3) is 10.9. The standard InChI is InChI=1S/C17H29N5O9S/c1-7(23)13(19)16(29)22-10(6-12(25)26)15(28)21-9(5-11(18)24)14(27)20-8(17(30)31)3-4-32-2/h7-10,13,23H,3-6,19H2,1-2H3,(H2,18,24)(H,20,27)(H,21,28)(H,22,29)(H,25,26)(H,30,31). The lowest BCUT2D eigenvalue weighted by Gasteiger charge is -2.24. The van der Waals surface area contributed by atoms with Crippen LogP contribution < -0.4 is 27.4 Å². The van der Waals surface area contributed by atoms with Gasteiger partial charge >= 0.3 is 11.9 Å². The number of hydrogen-bond acceptors (Lipinski definition) is 9. The monoisotopic (exact) mass is 479 g/mol. The molecule has 4 amide bonds. The molecule has 0 fully saturated rings. The van der Waals surface area contributed by atoms with Crippen LogP contribution in [0.25, 0.3) is 0 Å². The van der Waals surface area contributed by atoms with Gasteiger partial charge in [-0.3, -0.25) is 24.0 Å². The summed E-state index contributed by atoms with van der Waals surface area (Å²) in [5.74, 6) is -6.63. The molecule has 5 unspecified atom stereocenters. The predicted octanol–water partition coefficient (Wildman–Crippen LogP) is -3.66. The zero-order chi connectivity index (χ0) is 25.0. The van der Waals surface area contributed by atoms with Gasteiger partial charge in [0.05, 0.1) is 18.9 Å². The lowest BCUT2D eigenvalue weighted by Crippen LogP contribution is -2.59. The molecule has 32 heavy (non-hydrogen) atoms. The van der Waals surface area contributed by atoms with Crippen LogP contribution in [-0.2, 0) is 28.8 Å². The van der Waals surface area contributed by atoms with Crippen molar-refractivity contribution in [2.24, 2.45) is 11.5 Å². The third-order valence-corrected chi connectivity index (χ3v) is 4.74. The van der Waals surface area contributed by atoms with E-state index in [2.05, 4.69) is 16.0 Å². The fraction of sp³-hybridized carbons (Fsp3) is 0.647. The van der Waals surface area contributed by atoms with Gasteiger partial charge in [0.2, 0.25) is 23.6 Å². The van der Waals surface area contributed by atoms with E-state index in [0.717, 1.165) is 0 Å². The number of hydrogen-bond donors (Lipinski definition) is 8. The molecule has 14 nitrogen and oxygen atoms in total. The highest BCUT2D eigenvalue weighted by molar-refractivity contribution is 7.98. The number of carboxylic acid groups (broad SMARTS) is 2. The Balaban J connectivity index is 5.51. The number of aliphatic hydroxyl groups excluding tert-OH is 1. The Kier molecular flexibility index (Phi) is 12.9. The Bertz CT molecular complexity index is 719. The number of primary amides is 1. The molecular weight excluding hydrogens is 450 g/mol. The van der Waals surface area contributed by atoms with Crippen LogP contribution in [0.1, 0.15) is 26.2 Å². The van der Waals surface area contributed by atoms with Crippen molar-refractivity contribution in [2.75, 3.05) is 12.0 Å². The van der Waals surface area contributed by atoms with Crippen molar-refractivity contribution < 1.29 is 44.1 Å². The summed E-state index contributed by atoms with van der Waals surface area (Å²) in [5, 5.41) is 34.0. The molecule has 0 aliphatic rings. The average Bonchev–Trinajstić information content (AvgIpc) is 2.67. The van der Waals surface area contributed by atoms with Gasteiger partial charge in [0.25, 0.3) is 0 Å². The van der Waals surface area contributed by atoms with Crippen LogP contribution in [0.2, 0.25) is 0 Å². The zero-order valence-corrected chi connectivity index (χ0v) is 18.4. The number of nitrogens with two attached hydrogens (primary N) is 2. The molecule has 0 radical (unpaired) electrons. The minimum atomic E-state index is -1.71. The Morgan fingerprint density at radius 2 is 1.34 bits per heavy atom. The number of carbonyl (C=O) groups excluding carboxylic acids is 4. The quantitative estimate of drug-likeness (QED) is 0.114. The largest absolute Gasteiger partial charge is 0.481 e. The molecule has 0 aliphatic heterocycles. The van der Waals surface area contributed by atoms with Gasteiger partial charge in [-0.1, -0.05) is 0 Å². The SMILES string of the molecule is CSCCC(NC(=O)C(CC(N)=O)NC(=O)C(CC(=O)O)NC(=O)C(N)C(C)O)C(=O)O. The fourth-order valence-corrected chi connectivity index (χ4v) is 2.79. The molecule has 0 spiro atoms. The van der Waals surface area contributed by atoms with E-state index in [1.165, 1.54) is 18.7 Å². The third-order valence-electron chi connectivity index (χ3n) is 4.10. The topological polar surface area (TPSA) is 251 Å². The van der Waals surface area contributed by atoms with E-state index in [1.807, 2.05) is 0 Å². The van der Waals surface area contributed by atoms with Crippen LogP contribution in [0.4, 0.5) is 0 Å². The highest BCUT2D eigenvalue weighted by Gasteiger charge is 2.32. The van der Waals surface area contributed by atoms with Crippen molar-refractivity contribution >= 4 is 47.3 Å². The molecule has 0 aromatic rings. The first-order valence-electron chi connectivity index (χ1n) is 9.36. The Hall–Kier alpha value is -2.91. The second-order valence-corrected chi connectivity index (χ2v) is 7.82. The number of aliphatic hydroxyl groups is 1. The van der Waals surface area contributed by atoms with Gasteiger partial charge in [-0.05, 0) is 25.4 Å². The summed E-state index contributed by atoms with van der Waals surface area (Å²) < 4.78 is 0. The number of carbonyl (C=O) groups is 6. The molecular formula is C17H29N5O9S. The second kappa shape index (κ2) is 14.2. The molecule has 0 aromatic heterocycles. The smallest absolute Gasteiger partial charge is 0.326 e. The highest BCUT2D eigenvalue weighted by Crippen LogP contribution is 2.04. The molecule has 0 aromatic carbocycles. The first kappa shape index (κ1) is 29.1. The number of aliphatic carboxylic acids is 2. The van der Waals surface area contributed by atoms with Crippen LogP contribution >= 0.6 is 11.8 Å². The summed E-state index contributed by atoms with van der Waals surface area (Å²) in [6.45, 7) is 1.21. The number of amides is 4. The zero-order valence-electron chi connectivity index (χ0n) is 17.6. The Morgan fingerprint density at radius 3 is 1.75 bits per heavy atom. The van der Waals surface area contributed by atoms with E-state index in [4.69, 9.17) is 16.6 Å². The van der Waals surface area contributed by atoms with Crippen molar-refractivity contribution in [3.05, 3.63) is 0 Å². The number of carboxylic acids is 2. The molecule has 5 atom stereocenters. The number of thioether (sulfide) groups is 1. The van der Waals surface area contributed by atoms with Gasteiger partial charge in [0, 0.05) is 0 Å². The fourth-order valence-electron chi connectivity index (χ4n) is 2.32. The van der Waals surface area contributed by atoms with E-state index < -0.39 is 78.7 Å². The van der Waals surface area contributed by atoms with Crippen molar-refractivity contribution in [1.82, 2.24) is 16.0 Å². The highest BCUT2D eigenvalue weighted by atomic mass is 32.2. The molecule has 0 rings (SSSR count). The second-order valence-electron chi connectivity index (χ2n) is 6.84. The van der Waals surface area contributed by atoms with Gasteiger partial charge in [0.1, 0.15) is 24.2 Å². The summed E-state index contributed by atoms with van der Waals surface area (Å²) in [6.07, 6.45) is -1.12. The first-order valence-corrected chi connectivity index (χ1v) is 10.8. The molecule has 0 saturated carbocycles. The average molecular weight is 480 g/mol. The summed E-state index contributed by atoms with van der Waals surface area (Å²) in [7, 11) is 0. The normalized spacial score (nSPS) is 15.4. The molecule has 182 valence electrons. The van der Waals surface area contributed by atoms with Crippen molar-refractivity contribution in [3.63, 3.8) is 0 Å². The van der Waals surface area contributed by atoms with Crippen LogP contribution in [-0.4, -0.2) is 93.2 Å². The predicted molar refractivity (Wildman–Crippen MR) is 112 cm³/mol.